The third kappa shape index (κ3) is 1.08. The van der Waals surface area contributed by atoms with Crippen molar-refractivity contribution in [3.05, 3.63) is 12.7 Å². The Balaban J connectivity index is 0.000000845. The first-order valence-electron chi connectivity index (χ1n) is 3.05. The van der Waals surface area contributed by atoms with Crippen molar-refractivity contribution in [2.24, 2.45) is 0 Å². The van der Waals surface area contributed by atoms with Gasteiger partial charge in [-0.05, 0) is 0 Å². The molecule has 0 bridgehead atoms. The second kappa shape index (κ2) is 3.76. The minimum atomic E-state index is -3.26. The van der Waals surface area contributed by atoms with Gasteiger partial charge >= 0.3 is 18.6 Å². The van der Waals surface area contributed by atoms with Crippen LogP contribution < -0.4 is 0 Å². The van der Waals surface area contributed by atoms with Crippen molar-refractivity contribution in [2.75, 3.05) is 7.05 Å². The maximum absolute atomic E-state index is 11.0. The fraction of sp³-hybridized carbons (Fsp3) is 0.167. The van der Waals surface area contributed by atoms with Crippen LogP contribution in [-0.4, -0.2) is 34.5 Å². The Kier molecular flexibility index (Phi) is 3.71. The van der Waals surface area contributed by atoms with E-state index < -0.39 is 29.9 Å². The van der Waals surface area contributed by atoms with E-state index in [4.69, 9.17) is 0 Å². The maximum Gasteiger partial charge on any atom is 0.395 e. The number of hydrogen-bond donors (Lipinski definition) is 0. The van der Waals surface area contributed by atoms with Gasteiger partial charge in [0, 0.05) is 39.8 Å². The van der Waals surface area contributed by atoms with Crippen LogP contribution in [0, 0.1) is 7.43 Å². The van der Waals surface area contributed by atoms with E-state index in [1.807, 2.05) is 0 Å². The summed E-state index contributed by atoms with van der Waals surface area (Å²) in [6.45, 7) is 0. The Morgan fingerprint density at radius 2 is 1.43 bits per heavy atom. The molecule has 0 aromatic carbocycles. The Morgan fingerprint density at radius 1 is 1.07 bits per heavy atom. The standard InChI is InChI=1S/C5H3N2O4P.CH3.Y/c1-7-4(10)12(5(7)11)2(8)6-3(12)9;;/h1H3;1H3;/q;-1;. The number of nitrogens with zero attached hydrogens (tertiary/aromatic N) is 2. The molecule has 0 unspecified atom stereocenters. The molecular formula is C6H6N2O4PY-. The number of hydrogen-bond acceptors (Lipinski definition) is 4. The van der Waals surface area contributed by atoms with Crippen LogP contribution in [0.4, 0.5) is 19.2 Å². The average molecular weight is 290 g/mol. The molecule has 2 rings (SSSR count). The summed E-state index contributed by atoms with van der Waals surface area (Å²) >= 11 is 0. The molecule has 0 saturated carbocycles. The average Bonchev–Trinajstić information content (AvgIpc) is 2.04. The van der Waals surface area contributed by atoms with Crippen LogP contribution >= 0.6 is 7.26 Å². The second-order valence-corrected chi connectivity index (χ2v) is 5.34. The molecule has 73 valence electrons. The molecule has 0 aromatic rings. The smallest absolute Gasteiger partial charge is 0.395 e. The van der Waals surface area contributed by atoms with E-state index in [1.165, 1.54) is 7.05 Å². The molecule has 0 N–H and O–H groups in total. The van der Waals surface area contributed by atoms with Crippen molar-refractivity contribution in [1.82, 2.24) is 4.90 Å². The molecule has 0 aromatic heterocycles. The number of amides is 4. The Morgan fingerprint density at radius 3 is 1.64 bits per heavy atom. The van der Waals surface area contributed by atoms with Crippen molar-refractivity contribution in [3.8, 4) is 0 Å². The fourth-order valence-corrected chi connectivity index (χ4v) is 3.42. The molecule has 1 spiro atoms. The summed E-state index contributed by atoms with van der Waals surface area (Å²) in [7, 11) is -2.02. The van der Waals surface area contributed by atoms with Gasteiger partial charge in [0.15, 0.2) is 0 Å². The molecule has 1 radical (unpaired) electrons. The third-order valence-electron chi connectivity index (χ3n) is 1.91. The van der Waals surface area contributed by atoms with Crippen molar-refractivity contribution >= 4 is 29.9 Å². The first-order chi connectivity index (χ1) is 5.52. The quantitative estimate of drug-likeness (QED) is 0.506. The summed E-state index contributed by atoms with van der Waals surface area (Å²) in [5.41, 5.74) is -2.95. The maximum atomic E-state index is 11.0. The van der Waals surface area contributed by atoms with E-state index in [9.17, 15) is 19.2 Å². The minimum Gasteiger partial charge on any atom is -0.521 e. The van der Waals surface area contributed by atoms with Crippen molar-refractivity contribution in [1.29, 1.82) is 0 Å². The van der Waals surface area contributed by atoms with Gasteiger partial charge in [0.2, 0.25) is 11.3 Å². The van der Waals surface area contributed by atoms with Gasteiger partial charge in [-0.2, -0.15) is 0 Å². The number of imide groups is 2. The van der Waals surface area contributed by atoms with E-state index in [0.717, 1.165) is 4.90 Å². The first kappa shape index (κ1) is 13.8. The SMILES string of the molecule is CN1C(=O)[P+]2(C(=O)[N-]C2=O)C1=O.[CH3-].[Y]. The second-order valence-electron chi connectivity index (χ2n) is 2.47. The summed E-state index contributed by atoms with van der Waals surface area (Å²) in [6, 6.07) is 0. The van der Waals surface area contributed by atoms with Crippen molar-refractivity contribution in [2.45, 2.75) is 0 Å². The van der Waals surface area contributed by atoms with Gasteiger partial charge in [0.1, 0.15) is 0 Å². The molecule has 14 heavy (non-hydrogen) atoms. The van der Waals surface area contributed by atoms with E-state index in [0.29, 0.717) is 0 Å². The van der Waals surface area contributed by atoms with Gasteiger partial charge in [-0.1, -0.05) is 0 Å². The van der Waals surface area contributed by atoms with Gasteiger partial charge in [-0.3, -0.25) is 9.59 Å². The predicted octanol–water partition coefficient (Wildman–Crippen LogP) is 2.26. The van der Waals surface area contributed by atoms with Crippen LogP contribution in [0.25, 0.3) is 5.32 Å². The van der Waals surface area contributed by atoms with E-state index >= 15 is 0 Å². The minimum absolute atomic E-state index is 0. The van der Waals surface area contributed by atoms with Gasteiger partial charge in [0.25, 0.3) is 0 Å². The van der Waals surface area contributed by atoms with Crippen molar-refractivity contribution in [3.63, 3.8) is 0 Å². The largest absolute Gasteiger partial charge is 0.521 e. The number of carbonyl (C=O) groups excluding carboxylic acids is 4. The first-order valence-corrected chi connectivity index (χ1v) is 4.84. The van der Waals surface area contributed by atoms with Crippen molar-refractivity contribution < 1.29 is 51.9 Å². The summed E-state index contributed by atoms with van der Waals surface area (Å²) in [6.07, 6.45) is 0. The Hall–Kier alpha value is -0.186. The van der Waals surface area contributed by atoms with Gasteiger partial charge in [-0.15, -0.1) is 0 Å². The fourth-order valence-electron chi connectivity index (χ4n) is 1.17. The molecule has 2 fully saturated rings. The van der Waals surface area contributed by atoms with E-state index in [1.54, 1.807) is 0 Å². The van der Waals surface area contributed by atoms with E-state index in [2.05, 4.69) is 5.32 Å². The molecule has 6 nitrogen and oxygen atoms in total. The van der Waals surface area contributed by atoms with Crippen LogP contribution in [0.1, 0.15) is 0 Å². The van der Waals surface area contributed by atoms with Gasteiger partial charge in [-0.25, -0.2) is 14.5 Å². The monoisotopic (exact) mass is 290 g/mol. The van der Waals surface area contributed by atoms with Crippen LogP contribution in [0.3, 0.4) is 0 Å². The van der Waals surface area contributed by atoms with E-state index in [-0.39, 0.29) is 40.1 Å². The zero-order valence-corrected chi connectivity index (χ0v) is 11.3. The molecule has 0 atom stereocenters. The summed E-state index contributed by atoms with van der Waals surface area (Å²) in [5.74, 6) is 0. The Bertz CT molecular complexity index is 324. The number of rotatable bonds is 0. The van der Waals surface area contributed by atoms with Crippen LogP contribution in [0.15, 0.2) is 0 Å². The van der Waals surface area contributed by atoms with Crippen LogP contribution in [0.2, 0.25) is 0 Å². The zero-order valence-electron chi connectivity index (χ0n) is 7.55. The van der Waals surface area contributed by atoms with Gasteiger partial charge in [0.05, 0.1) is 0 Å². The molecule has 8 heteroatoms. The van der Waals surface area contributed by atoms with Crippen LogP contribution in [-0.2, 0) is 32.7 Å². The molecule has 2 saturated heterocycles. The summed E-state index contributed by atoms with van der Waals surface area (Å²) in [4.78, 5) is 44.5. The molecular weight excluding hydrogens is 284 g/mol. The van der Waals surface area contributed by atoms with Gasteiger partial charge < -0.3 is 12.7 Å². The topological polar surface area (TPSA) is 85.6 Å². The molecule has 4 amide bonds. The molecule has 2 heterocycles. The molecule has 0 aliphatic carbocycles. The summed E-state index contributed by atoms with van der Waals surface area (Å²) < 4.78 is 0. The third-order valence-corrected chi connectivity index (χ3v) is 5.01. The molecule has 2 aliphatic heterocycles. The Labute approximate surface area is 106 Å². The zero-order chi connectivity index (χ0) is 9.09. The summed E-state index contributed by atoms with van der Waals surface area (Å²) in [5, 5.41) is 2.94. The normalized spacial score (nSPS) is 21.6. The molecule has 2 aliphatic rings. The number of carbonyl (C=O) groups is 4. The predicted molar refractivity (Wildman–Crippen MR) is 46.0 cm³/mol. The van der Waals surface area contributed by atoms with Crippen LogP contribution in [0.5, 0.6) is 0 Å².